The van der Waals surface area contributed by atoms with E-state index in [1.165, 1.54) is 24.3 Å². The third kappa shape index (κ3) is 4.00. The molecular formula is C15H13F2NO3. The number of carbonyl (C=O) groups is 1. The van der Waals surface area contributed by atoms with Crippen molar-refractivity contribution in [1.82, 2.24) is 0 Å². The molecule has 0 fully saturated rings. The second kappa shape index (κ2) is 6.81. The van der Waals surface area contributed by atoms with Crippen LogP contribution in [-0.2, 0) is 6.61 Å². The number of aliphatic hydroxyl groups excluding tert-OH is 1. The van der Waals surface area contributed by atoms with Crippen LogP contribution < -0.4 is 10.1 Å². The van der Waals surface area contributed by atoms with E-state index in [-0.39, 0.29) is 17.9 Å². The highest BCUT2D eigenvalue weighted by atomic mass is 19.3. The largest absolute Gasteiger partial charge is 0.435 e. The maximum absolute atomic E-state index is 12.1. The normalized spacial score (nSPS) is 10.5. The Morgan fingerprint density at radius 2 is 1.95 bits per heavy atom. The van der Waals surface area contributed by atoms with E-state index >= 15 is 0 Å². The van der Waals surface area contributed by atoms with Crippen molar-refractivity contribution in [1.29, 1.82) is 0 Å². The number of carbonyl (C=O) groups excluding carboxylic acids is 1. The summed E-state index contributed by atoms with van der Waals surface area (Å²) >= 11 is 0. The van der Waals surface area contributed by atoms with Gasteiger partial charge in [-0.3, -0.25) is 4.79 Å². The monoisotopic (exact) mass is 293 g/mol. The molecule has 0 aromatic heterocycles. The summed E-state index contributed by atoms with van der Waals surface area (Å²) in [6.07, 6.45) is 0. The van der Waals surface area contributed by atoms with Crippen molar-refractivity contribution in [2.45, 2.75) is 13.2 Å². The predicted molar refractivity (Wildman–Crippen MR) is 73.4 cm³/mol. The maximum Gasteiger partial charge on any atom is 0.387 e. The van der Waals surface area contributed by atoms with Gasteiger partial charge >= 0.3 is 6.61 Å². The number of benzene rings is 2. The number of nitrogens with one attached hydrogen (secondary N) is 1. The first-order valence-corrected chi connectivity index (χ1v) is 6.15. The molecule has 0 aliphatic rings. The molecule has 0 saturated carbocycles. The molecule has 0 spiro atoms. The first kappa shape index (κ1) is 14.9. The van der Waals surface area contributed by atoms with Gasteiger partial charge in [0.25, 0.3) is 5.91 Å². The number of hydrogen-bond donors (Lipinski definition) is 2. The summed E-state index contributed by atoms with van der Waals surface area (Å²) in [7, 11) is 0. The fourth-order valence-electron chi connectivity index (χ4n) is 1.79. The Labute approximate surface area is 120 Å². The summed E-state index contributed by atoms with van der Waals surface area (Å²) in [5, 5.41) is 11.8. The van der Waals surface area contributed by atoms with E-state index in [1.807, 2.05) is 0 Å². The zero-order valence-electron chi connectivity index (χ0n) is 10.9. The average Bonchev–Trinajstić information content (AvgIpc) is 2.47. The van der Waals surface area contributed by atoms with Crippen LogP contribution in [0.25, 0.3) is 0 Å². The number of amides is 1. The minimum atomic E-state index is -2.95. The van der Waals surface area contributed by atoms with Crippen molar-refractivity contribution in [3.05, 3.63) is 59.7 Å². The van der Waals surface area contributed by atoms with Crippen LogP contribution in [0.1, 0.15) is 15.9 Å². The number of rotatable bonds is 5. The van der Waals surface area contributed by atoms with Crippen LogP contribution in [0, 0.1) is 0 Å². The van der Waals surface area contributed by atoms with Gasteiger partial charge in [-0.1, -0.05) is 24.3 Å². The quantitative estimate of drug-likeness (QED) is 0.891. The number of aliphatic hydroxyl groups is 1. The van der Waals surface area contributed by atoms with E-state index in [9.17, 15) is 18.7 Å². The first-order valence-electron chi connectivity index (χ1n) is 6.15. The molecule has 110 valence electrons. The zero-order chi connectivity index (χ0) is 15.2. The molecule has 0 aliphatic carbocycles. The maximum atomic E-state index is 12.1. The van der Waals surface area contributed by atoms with Gasteiger partial charge in [-0.05, 0) is 24.3 Å². The van der Waals surface area contributed by atoms with E-state index in [1.54, 1.807) is 24.3 Å². The van der Waals surface area contributed by atoms with E-state index in [2.05, 4.69) is 10.1 Å². The van der Waals surface area contributed by atoms with E-state index in [0.717, 1.165) is 0 Å². The van der Waals surface area contributed by atoms with Gasteiger partial charge in [0.1, 0.15) is 5.75 Å². The van der Waals surface area contributed by atoms with Crippen molar-refractivity contribution in [2.75, 3.05) is 5.32 Å². The van der Waals surface area contributed by atoms with Gasteiger partial charge in [0, 0.05) is 16.8 Å². The Balaban J connectivity index is 2.16. The summed E-state index contributed by atoms with van der Waals surface area (Å²) in [4.78, 5) is 12.1. The molecule has 0 radical (unpaired) electrons. The fraction of sp³-hybridized carbons (Fsp3) is 0.133. The van der Waals surface area contributed by atoms with Crippen LogP contribution >= 0.6 is 0 Å². The summed E-state index contributed by atoms with van der Waals surface area (Å²) in [6.45, 7) is -3.16. The number of ether oxygens (including phenoxy) is 1. The lowest BCUT2D eigenvalue weighted by Crippen LogP contribution is -2.13. The van der Waals surface area contributed by atoms with Crippen molar-refractivity contribution >= 4 is 11.6 Å². The molecule has 2 rings (SSSR count). The average molecular weight is 293 g/mol. The minimum absolute atomic E-state index is 0.0897. The van der Waals surface area contributed by atoms with Crippen LogP contribution in [0.5, 0.6) is 5.75 Å². The smallest absolute Gasteiger partial charge is 0.387 e. The van der Waals surface area contributed by atoms with Crippen molar-refractivity contribution in [3.8, 4) is 5.75 Å². The van der Waals surface area contributed by atoms with Crippen LogP contribution in [0.15, 0.2) is 48.5 Å². The Kier molecular flexibility index (Phi) is 4.84. The third-order valence-electron chi connectivity index (χ3n) is 2.76. The number of hydrogen-bond acceptors (Lipinski definition) is 3. The van der Waals surface area contributed by atoms with Crippen molar-refractivity contribution < 1.29 is 23.4 Å². The molecule has 0 atom stereocenters. The third-order valence-corrected chi connectivity index (χ3v) is 2.76. The number of anilines is 1. The van der Waals surface area contributed by atoms with E-state index in [0.29, 0.717) is 11.3 Å². The molecule has 0 saturated heterocycles. The molecule has 0 heterocycles. The Hall–Kier alpha value is -2.47. The molecule has 0 unspecified atom stereocenters. The summed E-state index contributed by atoms with van der Waals surface area (Å²) in [5.41, 5.74) is 1.21. The Morgan fingerprint density at radius 3 is 2.67 bits per heavy atom. The van der Waals surface area contributed by atoms with Crippen LogP contribution in [0.2, 0.25) is 0 Å². The fourth-order valence-corrected chi connectivity index (χ4v) is 1.79. The lowest BCUT2D eigenvalue weighted by atomic mass is 10.1. The molecule has 2 aromatic rings. The van der Waals surface area contributed by atoms with Gasteiger partial charge in [0.05, 0.1) is 6.61 Å². The van der Waals surface area contributed by atoms with Crippen molar-refractivity contribution in [3.63, 3.8) is 0 Å². The Bertz CT molecular complexity index is 632. The van der Waals surface area contributed by atoms with Crippen LogP contribution in [0.3, 0.4) is 0 Å². The molecule has 21 heavy (non-hydrogen) atoms. The van der Waals surface area contributed by atoms with Crippen LogP contribution in [-0.4, -0.2) is 17.6 Å². The second-order valence-corrected chi connectivity index (χ2v) is 4.18. The van der Waals surface area contributed by atoms with Gasteiger partial charge in [-0.15, -0.1) is 0 Å². The van der Waals surface area contributed by atoms with Gasteiger partial charge in [-0.25, -0.2) is 0 Å². The van der Waals surface area contributed by atoms with E-state index in [4.69, 9.17) is 0 Å². The molecule has 2 N–H and O–H groups in total. The predicted octanol–water partition coefficient (Wildman–Crippen LogP) is 3.03. The summed E-state index contributed by atoms with van der Waals surface area (Å²) in [6, 6.07) is 12.3. The highest BCUT2D eigenvalue weighted by Gasteiger charge is 2.11. The molecule has 0 aliphatic heterocycles. The lowest BCUT2D eigenvalue weighted by molar-refractivity contribution is -0.0498. The molecule has 6 heteroatoms. The molecule has 2 aromatic carbocycles. The number of alkyl halides is 2. The first-order chi connectivity index (χ1) is 10.1. The SMILES string of the molecule is O=C(Nc1ccccc1CO)c1cccc(OC(F)F)c1. The molecule has 0 bridgehead atoms. The number of halogens is 2. The summed E-state index contributed by atoms with van der Waals surface area (Å²) < 4.78 is 28.5. The van der Waals surface area contributed by atoms with Crippen molar-refractivity contribution in [2.24, 2.45) is 0 Å². The summed E-state index contributed by atoms with van der Waals surface area (Å²) in [5.74, 6) is -0.566. The highest BCUT2D eigenvalue weighted by Crippen LogP contribution is 2.19. The lowest BCUT2D eigenvalue weighted by Gasteiger charge is -2.10. The van der Waals surface area contributed by atoms with Gasteiger partial charge in [0.2, 0.25) is 0 Å². The highest BCUT2D eigenvalue weighted by molar-refractivity contribution is 6.04. The Morgan fingerprint density at radius 1 is 1.19 bits per heavy atom. The topological polar surface area (TPSA) is 58.6 Å². The standard InChI is InChI=1S/C15H13F2NO3/c16-15(17)21-12-6-3-5-10(8-12)14(20)18-13-7-2-1-4-11(13)9-19/h1-8,15,19H,9H2,(H,18,20). The second-order valence-electron chi connectivity index (χ2n) is 4.18. The van der Waals surface area contributed by atoms with Gasteiger partial charge in [0.15, 0.2) is 0 Å². The molecular weight excluding hydrogens is 280 g/mol. The van der Waals surface area contributed by atoms with Gasteiger partial charge < -0.3 is 15.2 Å². The minimum Gasteiger partial charge on any atom is -0.435 e. The zero-order valence-corrected chi connectivity index (χ0v) is 10.9. The number of para-hydroxylation sites is 1. The van der Waals surface area contributed by atoms with Gasteiger partial charge in [-0.2, -0.15) is 8.78 Å². The van der Waals surface area contributed by atoms with E-state index < -0.39 is 12.5 Å². The molecule has 1 amide bonds. The van der Waals surface area contributed by atoms with Crippen LogP contribution in [0.4, 0.5) is 14.5 Å². The molecule has 4 nitrogen and oxygen atoms in total.